The molecule has 3 rings (SSSR count). The Morgan fingerprint density at radius 1 is 1.21 bits per heavy atom. The minimum absolute atomic E-state index is 0.0624. The molecule has 0 spiro atoms. The number of sulfonamides is 1. The summed E-state index contributed by atoms with van der Waals surface area (Å²) in [6, 6.07) is 12.4. The van der Waals surface area contributed by atoms with E-state index in [0.717, 1.165) is 0 Å². The van der Waals surface area contributed by atoms with Crippen LogP contribution in [-0.2, 0) is 21.4 Å². The van der Waals surface area contributed by atoms with Crippen LogP contribution in [0.4, 0.5) is 0 Å². The second kappa shape index (κ2) is 8.99. The van der Waals surface area contributed by atoms with Crippen LogP contribution in [0.3, 0.4) is 0 Å². The van der Waals surface area contributed by atoms with E-state index in [-0.39, 0.29) is 35.4 Å². The first-order chi connectivity index (χ1) is 13.9. The van der Waals surface area contributed by atoms with Crippen LogP contribution >= 0.6 is 11.6 Å². The number of ether oxygens (including phenoxy) is 1. The molecule has 0 radical (unpaired) electrons. The molecule has 0 bridgehead atoms. The van der Waals surface area contributed by atoms with Crippen molar-refractivity contribution >= 4 is 27.6 Å². The zero-order chi connectivity index (χ0) is 20.9. The monoisotopic (exact) mass is 433 g/mol. The largest absolute Gasteiger partial charge is 0.452 e. The maximum absolute atomic E-state index is 12.3. The number of rotatable bonds is 8. The van der Waals surface area contributed by atoms with Gasteiger partial charge in [0.05, 0.1) is 21.0 Å². The van der Waals surface area contributed by atoms with Crippen molar-refractivity contribution < 1.29 is 22.4 Å². The molecule has 2 aromatic carbocycles. The molecule has 150 valence electrons. The zero-order valence-electron chi connectivity index (χ0n) is 15.0. The Kier molecular flexibility index (Phi) is 6.42. The molecule has 1 N–H and O–H groups in total. The maximum Gasteiger partial charge on any atom is 0.338 e. The first kappa shape index (κ1) is 20.7. The van der Waals surface area contributed by atoms with Crippen molar-refractivity contribution in [3.05, 3.63) is 77.7 Å². The van der Waals surface area contributed by atoms with Crippen molar-refractivity contribution in [1.82, 2.24) is 14.9 Å². The molecule has 3 aromatic rings. The van der Waals surface area contributed by atoms with Crippen LogP contribution in [0, 0.1) is 0 Å². The van der Waals surface area contributed by atoms with Gasteiger partial charge in [-0.1, -0.05) is 35.9 Å². The normalized spacial score (nSPS) is 11.2. The molecular formula is C19H16ClN3O5S. The van der Waals surface area contributed by atoms with E-state index in [1.165, 1.54) is 30.3 Å². The summed E-state index contributed by atoms with van der Waals surface area (Å²) in [6.45, 7) is 3.25. The fourth-order valence-electron chi connectivity index (χ4n) is 2.31. The smallest absolute Gasteiger partial charge is 0.338 e. The van der Waals surface area contributed by atoms with Gasteiger partial charge in [0.25, 0.3) is 5.89 Å². The molecule has 1 aromatic heterocycles. The number of nitrogens with zero attached hydrogens (tertiary/aromatic N) is 2. The van der Waals surface area contributed by atoms with Crippen molar-refractivity contribution in [2.45, 2.75) is 11.5 Å². The molecule has 29 heavy (non-hydrogen) atoms. The van der Waals surface area contributed by atoms with Gasteiger partial charge < -0.3 is 9.15 Å². The highest BCUT2D eigenvalue weighted by atomic mass is 35.5. The number of hydrogen-bond acceptors (Lipinski definition) is 7. The number of esters is 1. The van der Waals surface area contributed by atoms with E-state index in [1.54, 1.807) is 24.3 Å². The Morgan fingerprint density at radius 2 is 2.00 bits per heavy atom. The maximum atomic E-state index is 12.3. The first-order valence-corrected chi connectivity index (χ1v) is 10.2. The van der Waals surface area contributed by atoms with E-state index in [4.69, 9.17) is 20.8 Å². The lowest BCUT2D eigenvalue weighted by Gasteiger charge is -2.07. The summed E-state index contributed by atoms with van der Waals surface area (Å²) in [6.07, 6.45) is 1.41. The van der Waals surface area contributed by atoms with Gasteiger partial charge in [-0.05, 0) is 30.3 Å². The summed E-state index contributed by atoms with van der Waals surface area (Å²) in [7, 11) is -3.76. The van der Waals surface area contributed by atoms with E-state index >= 15 is 0 Å². The van der Waals surface area contributed by atoms with Gasteiger partial charge in [0, 0.05) is 6.54 Å². The molecule has 0 unspecified atom stereocenters. The average molecular weight is 434 g/mol. The summed E-state index contributed by atoms with van der Waals surface area (Å²) < 4.78 is 37.2. The van der Waals surface area contributed by atoms with Crippen LogP contribution in [0.2, 0.25) is 5.02 Å². The second-order valence-electron chi connectivity index (χ2n) is 5.73. The number of benzene rings is 2. The Labute approximate surface area is 172 Å². The van der Waals surface area contributed by atoms with Crippen LogP contribution in [0.15, 0.2) is 70.5 Å². The molecule has 0 aliphatic heterocycles. The fraction of sp³-hybridized carbons (Fsp3) is 0.105. The lowest BCUT2D eigenvalue weighted by molar-refractivity contribution is 0.0438. The Hall–Kier alpha value is -3.01. The minimum Gasteiger partial charge on any atom is -0.452 e. The molecular weight excluding hydrogens is 418 g/mol. The number of aromatic nitrogens is 2. The Bertz CT molecular complexity index is 1140. The first-order valence-electron chi connectivity index (χ1n) is 8.36. The van der Waals surface area contributed by atoms with Crippen LogP contribution < -0.4 is 4.72 Å². The SMILES string of the molecule is C=CCNS(=O)(=O)c1cccc(C(=O)OCc2nnc(-c3ccccc3Cl)o2)c1. The van der Waals surface area contributed by atoms with E-state index in [0.29, 0.717) is 10.6 Å². The molecule has 8 nitrogen and oxygen atoms in total. The number of halogens is 1. The van der Waals surface area contributed by atoms with Gasteiger partial charge in [-0.2, -0.15) is 0 Å². The fourth-order valence-corrected chi connectivity index (χ4v) is 3.57. The molecule has 0 aliphatic rings. The topological polar surface area (TPSA) is 111 Å². The highest BCUT2D eigenvalue weighted by Crippen LogP contribution is 2.26. The third kappa shape index (κ3) is 5.08. The predicted octanol–water partition coefficient (Wildman–Crippen LogP) is 3.21. The third-order valence-corrected chi connectivity index (χ3v) is 5.45. The van der Waals surface area contributed by atoms with Crippen molar-refractivity contribution in [2.24, 2.45) is 0 Å². The van der Waals surface area contributed by atoms with Crippen molar-refractivity contribution in [3.8, 4) is 11.5 Å². The molecule has 0 saturated carbocycles. The lowest BCUT2D eigenvalue weighted by atomic mass is 10.2. The lowest BCUT2D eigenvalue weighted by Crippen LogP contribution is -2.23. The summed E-state index contributed by atoms with van der Waals surface area (Å²) in [5, 5.41) is 8.15. The van der Waals surface area contributed by atoms with E-state index < -0.39 is 16.0 Å². The van der Waals surface area contributed by atoms with Crippen LogP contribution in [0.5, 0.6) is 0 Å². The number of carbonyl (C=O) groups is 1. The van der Waals surface area contributed by atoms with Crippen molar-refractivity contribution in [1.29, 1.82) is 0 Å². The standard InChI is InChI=1S/C19H16ClN3O5S/c1-2-10-21-29(25,26)14-7-5-6-13(11-14)19(24)27-12-17-22-23-18(28-17)15-8-3-4-9-16(15)20/h2-9,11,21H,1,10,12H2. The Balaban J connectivity index is 1.68. The van der Waals surface area contributed by atoms with Gasteiger partial charge in [0.1, 0.15) is 0 Å². The van der Waals surface area contributed by atoms with Gasteiger partial charge in [0.15, 0.2) is 6.61 Å². The van der Waals surface area contributed by atoms with Gasteiger partial charge in [-0.25, -0.2) is 17.9 Å². The van der Waals surface area contributed by atoms with Crippen molar-refractivity contribution in [3.63, 3.8) is 0 Å². The molecule has 0 amide bonds. The molecule has 1 heterocycles. The van der Waals surface area contributed by atoms with Gasteiger partial charge in [0.2, 0.25) is 15.9 Å². The van der Waals surface area contributed by atoms with E-state index in [2.05, 4.69) is 21.5 Å². The number of carbonyl (C=O) groups excluding carboxylic acids is 1. The number of hydrogen-bond donors (Lipinski definition) is 1. The summed E-state index contributed by atoms with van der Waals surface area (Å²) >= 11 is 6.09. The van der Waals surface area contributed by atoms with E-state index in [1.807, 2.05) is 0 Å². The van der Waals surface area contributed by atoms with Crippen LogP contribution in [0.25, 0.3) is 11.5 Å². The molecule has 0 saturated heterocycles. The Morgan fingerprint density at radius 3 is 2.76 bits per heavy atom. The highest BCUT2D eigenvalue weighted by molar-refractivity contribution is 7.89. The van der Waals surface area contributed by atoms with Crippen molar-refractivity contribution in [2.75, 3.05) is 6.54 Å². The average Bonchev–Trinajstić information content (AvgIpc) is 3.20. The minimum atomic E-state index is -3.76. The van der Waals surface area contributed by atoms with Gasteiger partial charge in [-0.3, -0.25) is 0 Å². The predicted molar refractivity (Wildman–Crippen MR) is 106 cm³/mol. The zero-order valence-corrected chi connectivity index (χ0v) is 16.6. The van der Waals surface area contributed by atoms with Crippen LogP contribution in [-0.4, -0.2) is 31.1 Å². The summed E-state index contributed by atoms with van der Waals surface area (Å²) in [5.74, 6) is -0.462. The molecule has 10 heteroatoms. The second-order valence-corrected chi connectivity index (χ2v) is 7.90. The molecule has 0 atom stereocenters. The van der Waals surface area contributed by atoms with Gasteiger partial charge >= 0.3 is 5.97 Å². The molecule has 0 aliphatic carbocycles. The highest BCUT2D eigenvalue weighted by Gasteiger charge is 2.17. The summed E-state index contributed by atoms with van der Waals surface area (Å²) in [5.41, 5.74) is 0.626. The quantitative estimate of drug-likeness (QED) is 0.428. The summed E-state index contributed by atoms with van der Waals surface area (Å²) in [4.78, 5) is 12.2. The molecule has 0 fully saturated rings. The van der Waals surface area contributed by atoms with Crippen LogP contribution in [0.1, 0.15) is 16.2 Å². The van der Waals surface area contributed by atoms with Gasteiger partial charge in [-0.15, -0.1) is 16.8 Å². The number of nitrogens with one attached hydrogen (secondary N) is 1. The third-order valence-electron chi connectivity index (χ3n) is 3.70. The van der Waals surface area contributed by atoms with E-state index in [9.17, 15) is 13.2 Å².